The van der Waals surface area contributed by atoms with Crippen molar-refractivity contribution in [1.29, 1.82) is 0 Å². The van der Waals surface area contributed by atoms with Crippen molar-refractivity contribution in [3.8, 4) is 0 Å². The van der Waals surface area contributed by atoms with Gasteiger partial charge in [-0.2, -0.15) is 0 Å². The molecule has 17 heavy (non-hydrogen) atoms. The SMILES string of the molecule is CC1(C)CCN(C(=O)[C@@H]2CCC[C@@H]2CN)CC1. The lowest BCUT2D eigenvalue weighted by molar-refractivity contribution is -0.138. The van der Waals surface area contributed by atoms with E-state index in [0.717, 1.165) is 38.8 Å². The predicted octanol–water partition coefficient (Wildman–Crippen LogP) is 2.01. The Bertz CT molecular complexity index is 278. The van der Waals surface area contributed by atoms with Gasteiger partial charge in [0.1, 0.15) is 0 Å². The van der Waals surface area contributed by atoms with E-state index >= 15 is 0 Å². The summed E-state index contributed by atoms with van der Waals surface area (Å²) in [6, 6.07) is 0. The molecule has 98 valence electrons. The predicted molar refractivity (Wildman–Crippen MR) is 69.5 cm³/mol. The first kappa shape index (κ1) is 12.9. The highest BCUT2D eigenvalue weighted by atomic mass is 16.2. The summed E-state index contributed by atoms with van der Waals surface area (Å²) >= 11 is 0. The van der Waals surface area contributed by atoms with Gasteiger partial charge in [-0.15, -0.1) is 0 Å². The Hall–Kier alpha value is -0.570. The minimum absolute atomic E-state index is 0.223. The molecule has 0 aromatic carbocycles. The van der Waals surface area contributed by atoms with Crippen LogP contribution in [0.3, 0.4) is 0 Å². The zero-order valence-corrected chi connectivity index (χ0v) is 11.2. The molecule has 3 nitrogen and oxygen atoms in total. The van der Waals surface area contributed by atoms with Crippen LogP contribution < -0.4 is 5.73 Å². The Balaban J connectivity index is 1.92. The lowest BCUT2D eigenvalue weighted by atomic mass is 9.82. The Morgan fingerprint density at radius 3 is 2.53 bits per heavy atom. The Morgan fingerprint density at radius 2 is 1.94 bits per heavy atom. The number of hydrogen-bond acceptors (Lipinski definition) is 2. The first-order valence-corrected chi connectivity index (χ1v) is 7.02. The molecule has 1 aliphatic heterocycles. The van der Waals surface area contributed by atoms with Crippen LogP contribution in [0.1, 0.15) is 46.0 Å². The second-order valence-corrected chi connectivity index (χ2v) is 6.52. The molecular weight excluding hydrogens is 212 g/mol. The average Bonchev–Trinajstić information content (AvgIpc) is 2.76. The lowest BCUT2D eigenvalue weighted by Crippen LogP contribution is -2.45. The Kier molecular flexibility index (Phi) is 3.76. The molecule has 1 saturated heterocycles. The maximum Gasteiger partial charge on any atom is 0.226 e. The molecule has 0 unspecified atom stereocenters. The van der Waals surface area contributed by atoms with Crippen molar-refractivity contribution in [2.75, 3.05) is 19.6 Å². The molecule has 0 aromatic heterocycles. The molecule has 2 atom stereocenters. The van der Waals surface area contributed by atoms with Crippen molar-refractivity contribution in [3.63, 3.8) is 0 Å². The monoisotopic (exact) mass is 238 g/mol. The van der Waals surface area contributed by atoms with Gasteiger partial charge in [0.05, 0.1) is 0 Å². The van der Waals surface area contributed by atoms with E-state index < -0.39 is 0 Å². The normalized spacial score (nSPS) is 32.8. The Morgan fingerprint density at radius 1 is 1.29 bits per heavy atom. The van der Waals surface area contributed by atoms with Crippen LogP contribution in [0.25, 0.3) is 0 Å². The maximum atomic E-state index is 12.5. The van der Waals surface area contributed by atoms with Crippen LogP contribution in [0.15, 0.2) is 0 Å². The van der Waals surface area contributed by atoms with E-state index in [2.05, 4.69) is 18.7 Å². The van der Waals surface area contributed by atoms with Gasteiger partial charge in [0, 0.05) is 19.0 Å². The topological polar surface area (TPSA) is 46.3 Å². The number of hydrogen-bond donors (Lipinski definition) is 1. The molecule has 2 rings (SSSR count). The highest BCUT2D eigenvalue weighted by Gasteiger charge is 2.36. The van der Waals surface area contributed by atoms with E-state index in [4.69, 9.17) is 5.73 Å². The fourth-order valence-corrected chi connectivity index (χ4v) is 3.21. The van der Waals surface area contributed by atoms with Gasteiger partial charge < -0.3 is 10.6 Å². The van der Waals surface area contributed by atoms with Crippen LogP contribution in [0.5, 0.6) is 0 Å². The highest BCUT2D eigenvalue weighted by Crippen LogP contribution is 2.35. The van der Waals surface area contributed by atoms with Crippen molar-refractivity contribution < 1.29 is 4.79 Å². The number of nitrogens with two attached hydrogens (primary N) is 1. The third-order valence-electron chi connectivity index (χ3n) is 4.71. The highest BCUT2D eigenvalue weighted by molar-refractivity contribution is 5.79. The molecular formula is C14H26N2O. The molecule has 2 aliphatic rings. The standard InChI is InChI=1S/C14H26N2O/c1-14(2)6-8-16(9-7-14)13(17)12-5-3-4-11(12)10-15/h11-12H,3-10,15H2,1-2H3/t11-,12-/m1/s1. The summed E-state index contributed by atoms with van der Waals surface area (Å²) in [5.41, 5.74) is 6.18. The van der Waals surface area contributed by atoms with E-state index in [9.17, 15) is 4.79 Å². The van der Waals surface area contributed by atoms with E-state index in [0.29, 0.717) is 23.8 Å². The van der Waals surface area contributed by atoms with Crippen LogP contribution in [0, 0.1) is 17.3 Å². The molecule has 1 amide bonds. The first-order valence-electron chi connectivity index (χ1n) is 7.02. The molecule has 0 spiro atoms. The summed E-state index contributed by atoms with van der Waals surface area (Å²) in [6.45, 7) is 7.16. The third kappa shape index (κ3) is 2.82. The van der Waals surface area contributed by atoms with Gasteiger partial charge in [0.25, 0.3) is 0 Å². The van der Waals surface area contributed by atoms with Crippen molar-refractivity contribution in [3.05, 3.63) is 0 Å². The minimum atomic E-state index is 0.223. The van der Waals surface area contributed by atoms with Crippen LogP contribution in [0.4, 0.5) is 0 Å². The smallest absolute Gasteiger partial charge is 0.226 e. The molecule has 3 heteroatoms. The third-order valence-corrected chi connectivity index (χ3v) is 4.71. The number of likely N-dealkylation sites (tertiary alicyclic amines) is 1. The van der Waals surface area contributed by atoms with Crippen LogP contribution >= 0.6 is 0 Å². The molecule has 2 N–H and O–H groups in total. The zero-order chi connectivity index (χ0) is 12.5. The number of amides is 1. The van der Waals surface area contributed by atoms with Crippen LogP contribution in [-0.4, -0.2) is 30.4 Å². The molecule has 0 bridgehead atoms. The fourth-order valence-electron chi connectivity index (χ4n) is 3.21. The van der Waals surface area contributed by atoms with E-state index in [1.165, 1.54) is 6.42 Å². The maximum absolute atomic E-state index is 12.5. The Labute approximate surface area is 105 Å². The molecule has 1 saturated carbocycles. The number of piperidine rings is 1. The largest absolute Gasteiger partial charge is 0.342 e. The fraction of sp³-hybridized carbons (Fsp3) is 0.929. The average molecular weight is 238 g/mol. The molecule has 0 radical (unpaired) electrons. The van der Waals surface area contributed by atoms with Crippen molar-refractivity contribution >= 4 is 5.91 Å². The number of rotatable bonds is 2. The van der Waals surface area contributed by atoms with Gasteiger partial charge in [0.15, 0.2) is 0 Å². The van der Waals surface area contributed by atoms with Crippen molar-refractivity contribution in [2.45, 2.75) is 46.0 Å². The van der Waals surface area contributed by atoms with Gasteiger partial charge in [-0.1, -0.05) is 20.3 Å². The summed E-state index contributed by atoms with van der Waals surface area (Å²) in [7, 11) is 0. The summed E-state index contributed by atoms with van der Waals surface area (Å²) in [5.74, 6) is 1.05. The molecule has 1 heterocycles. The summed E-state index contributed by atoms with van der Waals surface area (Å²) in [6.07, 6.45) is 5.65. The van der Waals surface area contributed by atoms with E-state index in [-0.39, 0.29) is 5.92 Å². The van der Waals surface area contributed by atoms with Gasteiger partial charge in [-0.3, -0.25) is 4.79 Å². The first-order chi connectivity index (χ1) is 8.03. The summed E-state index contributed by atoms with van der Waals surface area (Å²) in [4.78, 5) is 14.5. The summed E-state index contributed by atoms with van der Waals surface area (Å²) < 4.78 is 0. The number of carbonyl (C=O) groups is 1. The second kappa shape index (κ2) is 4.97. The summed E-state index contributed by atoms with van der Waals surface area (Å²) in [5, 5.41) is 0. The van der Waals surface area contributed by atoms with Gasteiger partial charge in [-0.05, 0) is 43.6 Å². The van der Waals surface area contributed by atoms with Gasteiger partial charge >= 0.3 is 0 Å². The second-order valence-electron chi connectivity index (χ2n) is 6.52. The van der Waals surface area contributed by atoms with Gasteiger partial charge in [0.2, 0.25) is 5.91 Å². The van der Waals surface area contributed by atoms with Crippen LogP contribution in [0.2, 0.25) is 0 Å². The van der Waals surface area contributed by atoms with Crippen molar-refractivity contribution in [2.24, 2.45) is 23.0 Å². The zero-order valence-electron chi connectivity index (χ0n) is 11.2. The number of nitrogens with zero attached hydrogens (tertiary/aromatic N) is 1. The molecule has 0 aromatic rings. The molecule has 1 aliphatic carbocycles. The van der Waals surface area contributed by atoms with Gasteiger partial charge in [-0.25, -0.2) is 0 Å². The minimum Gasteiger partial charge on any atom is -0.342 e. The number of carbonyl (C=O) groups excluding carboxylic acids is 1. The quantitative estimate of drug-likeness (QED) is 0.800. The van der Waals surface area contributed by atoms with Crippen molar-refractivity contribution in [1.82, 2.24) is 4.90 Å². The van der Waals surface area contributed by atoms with E-state index in [1.54, 1.807) is 0 Å². The van der Waals surface area contributed by atoms with E-state index in [1.807, 2.05) is 0 Å². The molecule has 2 fully saturated rings. The lowest BCUT2D eigenvalue weighted by Gasteiger charge is -2.38. The van der Waals surface area contributed by atoms with Crippen LogP contribution in [-0.2, 0) is 4.79 Å².